The number of nitrogen functional groups attached to an aromatic ring is 1. The number of rotatable bonds is 3. The fourth-order valence-electron chi connectivity index (χ4n) is 2.51. The summed E-state index contributed by atoms with van der Waals surface area (Å²) in [6.45, 7) is 3.73. The quantitative estimate of drug-likeness (QED) is 0.843. The molecule has 2 rings (SSSR count). The molecule has 1 aliphatic rings. The van der Waals surface area contributed by atoms with E-state index in [2.05, 4.69) is 4.72 Å². The number of hydrogen-bond acceptors (Lipinski definition) is 3. The Labute approximate surface area is 119 Å². The molecule has 0 saturated heterocycles. The second-order valence-electron chi connectivity index (χ2n) is 5.51. The summed E-state index contributed by atoms with van der Waals surface area (Å²) in [6.07, 6.45) is 3.79. The van der Waals surface area contributed by atoms with Crippen LogP contribution in [0.3, 0.4) is 0 Å². The first-order valence-electron chi connectivity index (χ1n) is 6.33. The van der Waals surface area contributed by atoms with E-state index in [0.29, 0.717) is 5.69 Å². The molecule has 0 bridgehead atoms. The lowest BCUT2D eigenvalue weighted by molar-refractivity contribution is 0.427. The van der Waals surface area contributed by atoms with Gasteiger partial charge in [-0.15, -0.1) is 0 Å². The molecule has 0 amide bonds. The maximum absolute atomic E-state index is 12.4. The highest BCUT2D eigenvalue weighted by Gasteiger charge is 2.34. The van der Waals surface area contributed by atoms with Crippen molar-refractivity contribution in [2.24, 2.45) is 0 Å². The van der Waals surface area contributed by atoms with Gasteiger partial charge in [0.2, 0.25) is 10.0 Å². The minimum Gasteiger partial charge on any atom is -0.398 e. The molecule has 1 saturated carbocycles. The molecule has 0 radical (unpaired) electrons. The molecule has 19 heavy (non-hydrogen) atoms. The molecule has 4 nitrogen and oxygen atoms in total. The van der Waals surface area contributed by atoms with Crippen LogP contribution in [0.4, 0.5) is 5.69 Å². The monoisotopic (exact) mass is 302 g/mol. The number of anilines is 1. The van der Waals surface area contributed by atoms with Crippen LogP contribution in [0.1, 0.15) is 38.2 Å². The molecule has 0 spiro atoms. The van der Waals surface area contributed by atoms with Gasteiger partial charge in [-0.3, -0.25) is 0 Å². The molecule has 1 fully saturated rings. The van der Waals surface area contributed by atoms with Crippen molar-refractivity contribution in [2.75, 3.05) is 5.73 Å². The summed E-state index contributed by atoms with van der Waals surface area (Å²) in [6, 6.07) is 3.01. The zero-order valence-corrected chi connectivity index (χ0v) is 12.7. The van der Waals surface area contributed by atoms with Crippen LogP contribution < -0.4 is 10.5 Å². The van der Waals surface area contributed by atoms with Crippen molar-refractivity contribution in [1.29, 1.82) is 0 Å². The third-order valence-corrected chi connectivity index (χ3v) is 5.80. The van der Waals surface area contributed by atoms with Crippen molar-refractivity contribution in [3.8, 4) is 0 Å². The lowest BCUT2D eigenvalue weighted by Gasteiger charge is -2.25. The first-order valence-corrected chi connectivity index (χ1v) is 8.19. The van der Waals surface area contributed by atoms with Gasteiger partial charge in [0.1, 0.15) is 4.90 Å². The first kappa shape index (κ1) is 14.6. The van der Waals surface area contributed by atoms with Crippen molar-refractivity contribution in [3.63, 3.8) is 0 Å². The van der Waals surface area contributed by atoms with Crippen LogP contribution in [-0.2, 0) is 10.0 Å². The van der Waals surface area contributed by atoms with Crippen molar-refractivity contribution in [2.45, 2.75) is 50.0 Å². The standard InChI is InChI=1S/C13H19ClN2O2S/c1-9-7-10(14)12(8-11(9)15)19(17,18)16-13(2)5-3-4-6-13/h7-8,16H,3-6,15H2,1-2H3. The molecule has 6 heteroatoms. The van der Waals surface area contributed by atoms with Gasteiger partial charge in [-0.25, -0.2) is 13.1 Å². The summed E-state index contributed by atoms with van der Waals surface area (Å²) in [7, 11) is -3.63. The number of sulfonamides is 1. The Balaban J connectivity index is 2.37. The molecule has 0 aromatic heterocycles. The van der Waals surface area contributed by atoms with Crippen LogP contribution in [0.15, 0.2) is 17.0 Å². The summed E-state index contributed by atoms with van der Waals surface area (Å²) in [5.41, 5.74) is 6.61. The molecule has 0 aliphatic heterocycles. The Hall–Kier alpha value is -0.780. The molecule has 1 aliphatic carbocycles. The van der Waals surface area contributed by atoms with Gasteiger partial charge >= 0.3 is 0 Å². The van der Waals surface area contributed by atoms with Crippen molar-refractivity contribution >= 4 is 27.3 Å². The average molecular weight is 303 g/mol. The molecule has 0 heterocycles. The van der Waals surface area contributed by atoms with Gasteiger partial charge in [0.05, 0.1) is 5.02 Å². The van der Waals surface area contributed by atoms with E-state index in [1.165, 1.54) is 6.07 Å². The number of hydrogen-bond donors (Lipinski definition) is 2. The van der Waals surface area contributed by atoms with Gasteiger partial charge in [0.15, 0.2) is 0 Å². The fourth-order valence-corrected chi connectivity index (χ4v) is 4.59. The zero-order valence-electron chi connectivity index (χ0n) is 11.2. The van der Waals surface area contributed by atoms with Crippen LogP contribution in [0.25, 0.3) is 0 Å². The topological polar surface area (TPSA) is 72.2 Å². The number of halogens is 1. The summed E-state index contributed by atoms with van der Waals surface area (Å²) in [5.74, 6) is 0. The first-order chi connectivity index (χ1) is 8.73. The van der Waals surface area contributed by atoms with Crippen molar-refractivity contribution in [1.82, 2.24) is 4.72 Å². The second-order valence-corrected chi connectivity index (χ2v) is 7.57. The number of benzene rings is 1. The largest absolute Gasteiger partial charge is 0.398 e. The molecule has 1 aromatic carbocycles. The Kier molecular flexibility index (Phi) is 3.82. The predicted molar refractivity (Wildman–Crippen MR) is 77.8 cm³/mol. The second kappa shape index (κ2) is 4.96. The molecular formula is C13H19ClN2O2S. The highest BCUT2D eigenvalue weighted by Crippen LogP contribution is 2.33. The molecule has 0 atom stereocenters. The average Bonchev–Trinajstić information content (AvgIpc) is 2.68. The Morgan fingerprint density at radius 1 is 1.32 bits per heavy atom. The van der Waals surface area contributed by atoms with Gasteiger partial charge < -0.3 is 5.73 Å². The molecule has 0 unspecified atom stereocenters. The molecule has 1 aromatic rings. The third kappa shape index (κ3) is 3.04. The van der Waals surface area contributed by atoms with Gasteiger partial charge in [-0.2, -0.15) is 0 Å². The maximum Gasteiger partial charge on any atom is 0.242 e. The fraction of sp³-hybridized carbons (Fsp3) is 0.538. The number of nitrogens with two attached hydrogens (primary N) is 1. The minimum atomic E-state index is -3.63. The Morgan fingerprint density at radius 3 is 2.47 bits per heavy atom. The van der Waals surface area contributed by atoms with Crippen LogP contribution >= 0.6 is 11.6 Å². The minimum absolute atomic E-state index is 0.0605. The number of aryl methyl sites for hydroxylation is 1. The van der Waals surface area contributed by atoms with Crippen molar-refractivity contribution < 1.29 is 8.42 Å². The van der Waals surface area contributed by atoms with E-state index in [9.17, 15) is 8.42 Å². The number of nitrogens with one attached hydrogen (secondary N) is 1. The summed E-state index contributed by atoms with van der Waals surface area (Å²) >= 11 is 6.04. The summed E-state index contributed by atoms with van der Waals surface area (Å²) in [5, 5.41) is 0.209. The van der Waals surface area contributed by atoms with Gasteiger partial charge in [-0.1, -0.05) is 24.4 Å². The van der Waals surface area contributed by atoms with E-state index in [4.69, 9.17) is 17.3 Å². The highest BCUT2D eigenvalue weighted by molar-refractivity contribution is 7.89. The van der Waals surface area contributed by atoms with E-state index >= 15 is 0 Å². The third-order valence-electron chi connectivity index (χ3n) is 3.70. The van der Waals surface area contributed by atoms with Crippen molar-refractivity contribution in [3.05, 3.63) is 22.7 Å². The van der Waals surface area contributed by atoms with E-state index < -0.39 is 10.0 Å². The van der Waals surface area contributed by atoms with E-state index in [1.807, 2.05) is 6.92 Å². The van der Waals surface area contributed by atoms with E-state index in [0.717, 1.165) is 31.2 Å². The van der Waals surface area contributed by atoms with Gasteiger partial charge in [-0.05, 0) is 44.4 Å². The highest BCUT2D eigenvalue weighted by atomic mass is 35.5. The predicted octanol–water partition coefficient (Wildman–Crippen LogP) is 2.84. The molecular weight excluding hydrogens is 284 g/mol. The van der Waals surface area contributed by atoms with E-state index in [1.54, 1.807) is 13.0 Å². The van der Waals surface area contributed by atoms with Gasteiger partial charge in [0.25, 0.3) is 0 Å². The summed E-state index contributed by atoms with van der Waals surface area (Å²) in [4.78, 5) is 0.0605. The van der Waals surface area contributed by atoms with Crippen LogP contribution in [0, 0.1) is 6.92 Å². The normalized spacial score (nSPS) is 18.7. The zero-order chi connectivity index (χ0) is 14.3. The summed E-state index contributed by atoms with van der Waals surface area (Å²) < 4.78 is 27.6. The molecule has 106 valence electrons. The Bertz CT molecular complexity index is 593. The van der Waals surface area contributed by atoms with Crippen LogP contribution in [0.5, 0.6) is 0 Å². The Morgan fingerprint density at radius 2 is 1.89 bits per heavy atom. The smallest absolute Gasteiger partial charge is 0.242 e. The van der Waals surface area contributed by atoms with Gasteiger partial charge in [0, 0.05) is 11.2 Å². The van der Waals surface area contributed by atoms with Crippen LogP contribution in [0.2, 0.25) is 5.02 Å². The lowest BCUT2D eigenvalue weighted by atomic mass is 10.0. The SMILES string of the molecule is Cc1cc(Cl)c(S(=O)(=O)NC2(C)CCCC2)cc1N. The van der Waals surface area contributed by atoms with E-state index in [-0.39, 0.29) is 15.5 Å². The molecule has 3 N–H and O–H groups in total. The van der Waals surface area contributed by atoms with Crippen LogP contribution in [-0.4, -0.2) is 14.0 Å². The maximum atomic E-state index is 12.4. The lowest BCUT2D eigenvalue weighted by Crippen LogP contribution is -2.43.